The standard InChI is InChI=1S/C14H23N5OS/c1-2-13(20-6-1)8-18(12-5-7-21-10-12)9-14-15-16-17-19(14)11-3-4-11/h11-13H,1-10H2. The molecule has 1 aromatic heterocycles. The summed E-state index contributed by atoms with van der Waals surface area (Å²) in [6.45, 7) is 2.83. The number of aromatic nitrogens is 4. The zero-order chi connectivity index (χ0) is 14.1. The maximum atomic E-state index is 5.85. The molecule has 3 heterocycles. The lowest BCUT2D eigenvalue weighted by Gasteiger charge is -2.29. The number of nitrogens with zero attached hydrogens (tertiary/aromatic N) is 5. The molecule has 6 nitrogen and oxygen atoms in total. The molecular weight excluding hydrogens is 286 g/mol. The zero-order valence-electron chi connectivity index (χ0n) is 12.4. The average Bonchev–Trinajstić information content (AvgIpc) is 2.94. The van der Waals surface area contributed by atoms with Crippen LogP contribution in [-0.4, -0.2) is 61.9 Å². The molecule has 0 N–H and O–H groups in total. The molecule has 21 heavy (non-hydrogen) atoms. The minimum absolute atomic E-state index is 0.404. The van der Waals surface area contributed by atoms with Crippen LogP contribution in [0.4, 0.5) is 0 Å². The van der Waals surface area contributed by atoms with Crippen LogP contribution < -0.4 is 0 Å². The molecule has 0 bridgehead atoms. The van der Waals surface area contributed by atoms with Crippen molar-refractivity contribution in [2.75, 3.05) is 24.7 Å². The van der Waals surface area contributed by atoms with Gasteiger partial charge in [0.2, 0.25) is 0 Å². The summed E-state index contributed by atoms with van der Waals surface area (Å²) in [7, 11) is 0. The molecule has 0 radical (unpaired) electrons. The van der Waals surface area contributed by atoms with Gasteiger partial charge in [-0.25, -0.2) is 4.68 Å². The van der Waals surface area contributed by atoms with Gasteiger partial charge in [0.1, 0.15) is 0 Å². The van der Waals surface area contributed by atoms with Crippen molar-refractivity contribution in [3.63, 3.8) is 0 Å². The van der Waals surface area contributed by atoms with Crippen molar-refractivity contribution in [3.8, 4) is 0 Å². The van der Waals surface area contributed by atoms with E-state index in [0.29, 0.717) is 18.2 Å². The third-order valence-electron chi connectivity index (χ3n) is 4.68. The molecule has 1 aromatic rings. The number of rotatable bonds is 6. The van der Waals surface area contributed by atoms with E-state index >= 15 is 0 Å². The monoisotopic (exact) mass is 309 g/mol. The molecule has 3 aliphatic rings. The second-order valence-electron chi connectivity index (χ2n) is 6.35. The van der Waals surface area contributed by atoms with Gasteiger partial charge in [-0.3, -0.25) is 4.90 Å². The summed E-state index contributed by atoms with van der Waals surface area (Å²) < 4.78 is 7.89. The summed E-state index contributed by atoms with van der Waals surface area (Å²) in [6, 6.07) is 1.21. The maximum Gasteiger partial charge on any atom is 0.165 e. The van der Waals surface area contributed by atoms with Gasteiger partial charge in [0.25, 0.3) is 0 Å². The van der Waals surface area contributed by atoms with Gasteiger partial charge in [0, 0.05) is 24.9 Å². The summed E-state index contributed by atoms with van der Waals surface area (Å²) in [6.07, 6.45) is 6.54. The molecule has 0 aromatic carbocycles. The quantitative estimate of drug-likeness (QED) is 0.793. The van der Waals surface area contributed by atoms with Crippen LogP contribution >= 0.6 is 11.8 Å². The third-order valence-corrected chi connectivity index (χ3v) is 5.83. The topological polar surface area (TPSA) is 56.1 Å². The highest BCUT2D eigenvalue weighted by atomic mass is 32.2. The number of hydrogen-bond acceptors (Lipinski definition) is 6. The third kappa shape index (κ3) is 3.24. The van der Waals surface area contributed by atoms with Gasteiger partial charge >= 0.3 is 0 Å². The van der Waals surface area contributed by atoms with E-state index in [1.807, 2.05) is 4.68 Å². The van der Waals surface area contributed by atoms with E-state index in [4.69, 9.17) is 4.74 Å². The minimum Gasteiger partial charge on any atom is -0.377 e. The molecule has 4 rings (SSSR count). The highest BCUT2D eigenvalue weighted by molar-refractivity contribution is 7.99. The van der Waals surface area contributed by atoms with Crippen LogP contribution in [0.15, 0.2) is 0 Å². The Kier molecular flexibility index (Phi) is 4.14. The predicted molar refractivity (Wildman–Crippen MR) is 81.2 cm³/mol. The lowest BCUT2D eigenvalue weighted by atomic mass is 10.1. The first-order chi connectivity index (χ1) is 10.4. The van der Waals surface area contributed by atoms with Crippen LogP contribution in [0.3, 0.4) is 0 Å². The van der Waals surface area contributed by atoms with Crippen LogP contribution in [0.25, 0.3) is 0 Å². The Morgan fingerprint density at radius 2 is 2.24 bits per heavy atom. The van der Waals surface area contributed by atoms with Gasteiger partial charge < -0.3 is 4.74 Å². The molecule has 2 saturated heterocycles. The van der Waals surface area contributed by atoms with Crippen LogP contribution in [-0.2, 0) is 11.3 Å². The van der Waals surface area contributed by atoms with Gasteiger partial charge in [0.15, 0.2) is 5.82 Å². The lowest BCUT2D eigenvalue weighted by Crippen LogP contribution is -2.40. The Bertz CT molecular complexity index is 466. The molecule has 1 aliphatic carbocycles. The van der Waals surface area contributed by atoms with E-state index in [2.05, 4.69) is 32.2 Å². The molecule has 0 amide bonds. The van der Waals surface area contributed by atoms with Crippen molar-refractivity contribution in [1.82, 2.24) is 25.1 Å². The van der Waals surface area contributed by atoms with Crippen molar-refractivity contribution in [3.05, 3.63) is 5.82 Å². The van der Waals surface area contributed by atoms with E-state index in [-0.39, 0.29) is 0 Å². The molecule has 2 atom stereocenters. The lowest BCUT2D eigenvalue weighted by molar-refractivity contribution is 0.0558. The molecule has 1 saturated carbocycles. The number of ether oxygens (including phenoxy) is 1. The minimum atomic E-state index is 0.404. The Labute approximate surface area is 129 Å². The van der Waals surface area contributed by atoms with Crippen molar-refractivity contribution in [2.24, 2.45) is 0 Å². The van der Waals surface area contributed by atoms with Gasteiger partial charge in [-0.1, -0.05) is 0 Å². The van der Waals surface area contributed by atoms with E-state index in [1.54, 1.807) is 0 Å². The van der Waals surface area contributed by atoms with Gasteiger partial charge in [0.05, 0.1) is 18.7 Å². The summed E-state index contributed by atoms with van der Waals surface area (Å²) in [5, 5.41) is 12.4. The van der Waals surface area contributed by atoms with Crippen LogP contribution in [0.2, 0.25) is 0 Å². The first kappa shape index (κ1) is 14.0. The Balaban J connectivity index is 1.46. The molecule has 116 valence electrons. The smallest absolute Gasteiger partial charge is 0.165 e. The number of hydrogen-bond donors (Lipinski definition) is 0. The summed E-state index contributed by atoms with van der Waals surface area (Å²) in [4.78, 5) is 2.57. The molecule has 2 aliphatic heterocycles. The van der Waals surface area contributed by atoms with E-state index in [1.165, 1.54) is 43.6 Å². The number of thioether (sulfide) groups is 1. The summed E-state index contributed by atoms with van der Waals surface area (Å²) in [5.74, 6) is 3.55. The van der Waals surface area contributed by atoms with E-state index in [0.717, 1.165) is 25.5 Å². The van der Waals surface area contributed by atoms with Crippen molar-refractivity contribution < 1.29 is 4.74 Å². The fraction of sp³-hybridized carbons (Fsp3) is 0.929. The Hall–Kier alpha value is -0.660. The zero-order valence-corrected chi connectivity index (χ0v) is 13.2. The average molecular weight is 309 g/mol. The van der Waals surface area contributed by atoms with Gasteiger partial charge in [-0.2, -0.15) is 11.8 Å². The second kappa shape index (κ2) is 6.22. The highest BCUT2D eigenvalue weighted by Gasteiger charge is 2.31. The Morgan fingerprint density at radius 1 is 1.29 bits per heavy atom. The van der Waals surface area contributed by atoms with E-state index < -0.39 is 0 Å². The SMILES string of the molecule is C1COC(CN(Cc2nnnn2C2CC2)C2CCSC2)C1. The first-order valence-electron chi connectivity index (χ1n) is 8.10. The molecule has 2 unspecified atom stereocenters. The van der Waals surface area contributed by atoms with Gasteiger partial charge in [-0.05, 0) is 48.3 Å². The first-order valence-corrected chi connectivity index (χ1v) is 9.26. The molecule has 7 heteroatoms. The highest BCUT2D eigenvalue weighted by Crippen LogP contribution is 2.35. The Morgan fingerprint density at radius 3 is 2.95 bits per heavy atom. The predicted octanol–water partition coefficient (Wildman–Crippen LogP) is 1.49. The number of tetrazole rings is 1. The molecular formula is C14H23N5OS. The normalized spacial score (nSPS) is 29.6. The van der Waals surface area contributed by atoms with Crippen molar-refractivity contribution >= 4 is 11.8 Å². The maximum absolute atomic E-state index is 5.85. The largest absolute Gasteiger partial charge is 0.377 e. The summed E-state index contributed by atoms with van der Waals surface area (Å²) in [5.41, 5.74) is 0. The second-order valence-corrected chi connectivity index (χ2v) is 7.50. The van der Waals surface area contributed by atoms with E-state index in [9.17, 15) is 0 Å². The van der Waals surface area contributed by atoms with Crippen molar-refractivity contribution in [2.45, 2.75) is 56.8 Å². The molecule has 0 spiro atoms. The fourth-order valence-corrected chi connectivity index (χ4v) is 4.56. The fourth-order valence-electron chi connectivity index (χ4n) is 3.30. The van der Waals surface area contributed by atoms with Crippen LogP contribution in [0.1, 0.15) is 44.0 Å². The van der Waals surface area contributed by atoms with Crippen LogP contribution in [0.5, 0.6) is 0 Å². The summed E-state index contributed by atoms with van der Waals surface area (Å²) >= 11 is 2.06. The van der Waals surface area contributed by atoms with Crippen molar-refractivity contribution in [1.29, 1.82) is 0 Å². The molecule has 3 fully saturated rings. The van der Waals surface area contributed by atoms with Crippen LogP contribution in [0, 0.1) is 0 Å². The van der Waals surface area contributed by atoms with Gasteiger partial charge in [-0.15, -0.1) is 5.10 Å².